The number of hydrogen-bond donors (Lipinski definition) is 3. The number of carbonyl (C=O) groups is 2. The Morgan fingerprint density at radius 2 is 0.649 bits per heavy atom. The van der Waals surface area contributed by atoms with Crippen molar-refractivity contribution in [3.05, 3.63) is 24.3 Å². The molecule has 0 aliphatic rings. The van der Waals surface area contributed by atoms with E-state index >= 15 is 0 Å². The van der Waals surface area contributed by atoms with Crippen LogP contribution in [0.5, 0.6) is 0 Å². The van der Waals surface area contributed by atoms with Gasteiger partial charge in [0.15, 0.2) is 0 Å². The van der Waals surface area contributed by atoms with E-state index in [-0.39, 0.29) is 18.5 Å². The molecular formula is C68H131NO5. The highest BCUT2D eigenvalue weighted by atomic mass is 16.5. The number of carbonyl (C=O) groups excluding carboxylic acids is 2. The van der Waals surface area contributed by atoms with Crippen LogP contribution in [0.2, 0.25) is 0 Å². The molecule has 0 aromatic rings. The van der Waals surface area contributed by atoms with E-state index in [4.69, 9.17) is 4.74 Å². The lowest BCUT2D eigenvalue weighted by atomic mass is 10.0. The van der Waals surface area contributed by atoms with Crippen molar-refractivity contribution in [2.45, 2.75) is 386 Å². The average Bonchev–Trinajstić information content (AvgIpc) is 3.40. The van der Waals surface area contributed by atoms with Crippen LogP contribution in [0.1, 0.15) is 373 Å². The lowest BCUT2D eigenvalue weighted by molar-refractivity contribution is -0.143. The number of unbranched alkanes of at least 4 members (excludes halogenated alkanes) is 48. The molecule has 2 atom stereocenters. The van der Waals surface area contributed by atoms with Gasteiger partial charge in [0.25, 0.3) is 0 Å². The second kappa shape index (κ2) is 63.9. The van der Waals surface area contributed by atoms with Crippen LogP contribution in [0.3, 0.4) is 0 Å². The SMILES string of the molecule is CCCC/C=C\CCCCCCCC(=O)OCCCCCCCCCCCCCC/C=C\CCCCCCCCCCCCC(=O)NC(CO)C(O)CCCCCCCCCCCCCCCCCCCCCC. The van der Waals surface area contributed by atoms with Crippen LogP contribution >= 0.6 is 0 Å². The van der Waals surface area contributed by atoms with Gasteiger partial charge in [-0.3, -0.25) is 9.59 Å². The third-order valence-electron chi connectivity index (χ3n) is 15.7. The Hall–Kier alpha value is -1.66. The van der Waals surface area contributed by atoms with Gasteiger partial charge in [-0.15, -0.1) is 0 Å². The molecule has 0 aliphatic carbocycles. The van der Waals surface area contributed by atoms with Gasteiger partial charge < -0.3 is 20.3 Å². The lowest BCUT2D eigenvalue weighted by Gasteiger charge is -2.22. The molecule has 2 unspecified atom stereocenters. The van der Waals surface area contributed by atoms with E-state index in [0.29, 0.717) is 25.9 Å². The van der Waals surface area contributed by atoms with Gasteiger partial charge in [0, 0.05) is 12.8 Å². The largest absolute Gasteiger partial charge is 0.466 e. The Morgan fingerprint density at radius 1 is 0.365 bits per heavy atom. The summed E-state index contributed by atoms with van der Waals surface area (Å²) >= 11 is 0. The molecule has 0 bridgehead atoms. The van der Waals surface area contributed by atoms with Crippen molar-refractivity contribution in [2.24, 2.45) is 0 Å². The van der Waals surface area contributed by atoms with Crippen molar-refractivity contribution in [3.8, 4) is 0 Å². The van der Waals surface area contributed by atoms with Crippen molar-refractivity contribution in [3.63, 3.8) is 0 Å². The lowest BCUT2D eigenvalue weighted by Crippen LogP contribution is -2.45. The highest BCUT2D eigenvalue weighted by Gasteiger charge is 2.20. The fourth-order valence-corrected chi connectivity index (χ4v) is 10.6. The number of nitrogens with one attached hydrogen (secondary N) is 1. The number of esters is 1. The number of allylic oxidation sites excluding steroid dienone is 4. The van der Waals surface area contributed by atoms with Crippen LogP contribution < -0.4 is 5.32 Å². The molecule has 0 rings (SSSR count). The van der Waals surface area contributed by atoms with Gasteiger partial charge in [0.2, 0.25) is 5.91 Å². The quantitative estimate of drug-likeness (QED) is 0.0320. The summed E-state index contributed by atoms with van der Waals surface area (Å²) in [5, 5.41) is 23.4. The first-order chi connectivity index (χ1) is 36.5. The minimum absolute atomic E-state index is 0.00372. The zero-order valence-electron chi connectivity index (χ0n) is 50.1. The molecule has 0 aromatic carbocycles. The molecule has 0 saturated heterocycles. The third kappa shape index (κ3) is 59.6. The van der Waals surface area contributed by atoms with Crippen molar-refractivity contribution in [2.75, 3.05) is 13.2 Å². The topological polar surface area (TPSA) is 95.9 Å². The molecule has 0 fully saturated rings. The van der Waals surface area contributed by atoms with E-state index in [1.165, 1.54) is 295 Å². The summed E-state index contributed by atoms with van der Waals surface area (Å²) in [7, 11) is 0. The van der Waals surface area contributed by atoms with E-state index in [9.17, 15) is 19.8 Å². The van der Waals surface area contributed by atoms with E-state index in [1.54, 1.807) is 0 Å². The van der Waals surface area contributed by atoms with Crippen LogP contribution in [0.15, 0.2) is 24.3 Å². The van der Waals surface area contributed by atoms with E-state index < -0.39 is 12.1 Å². The van der Waals surface area contributed by atoms with Gasteiger partial charge in [-0.05, 0) is 70.6 Å². The maximum absolute atomic E-state index is 12.5. The maximum Gasteiger partial charge on any atom is 0.305 e. The van der Waals surface area contributed by atoms with Crippen LogP contribution in [0.4, 0.5) is 0 Å². The van der Waals surface area contributed by atoms with Gasteiger partial charge in [-0.1, -0.05) is 314 Å². The summed E-state index contributed by atoms with van der Waals surface area (Å²) in [6, 6.07) is -0.543. The highest BCUT2D eigenvalue weighted by molar-refractivity contribution is 5.76. The number of aliphatic hydroxyl groups excluding tert-OH is 2. The Bertz CT molecular complexity index is 1150. The Morgan fingerprint density at radius 3 is 1.00 bits per heavy atom. The molecule has 6 heteroatoms. The molecule has 0 radical (unpaired) electrons. The number of aliphatic hydroxyl groups is 2. The monoisotopic (exact) mass is 1040 g/mol. The standard InChI is InChI=1S/C68H131NO5/c1-3-5-7-9-11-13-15-16-17-18-19-28-31-34-37-41-44-48-52-56-60-66(71)65(64-70)69-67(72)61-57-53-49-45-42-38-35-32-29-26-24-22-20-21-23-25-27-30-33-36-39-43-47-51-55-59-63-74-68(73)62-58-54-50-46-40-14-12-10-8-6-4-2/h10,12,20,22,65-66,70-71H,3-9,11,13-19,21,23-64H2,1-2H3,(H,69,72)/b12-10-,22-20-. The molecular weight excluding hydrogens is 911 g/mol. The Balaban J connectivity index is 3.40. The molecule has 1 amide bonds. The molecule has 74 heavy (non-hydrogen) atoms. The number of rotatable bonds is 63. The normalized spacial score (nSPS) is 12.6. The maximum atomic E-state index is 12.5. The van der Waals surface area contributed by atoms with Gasteiger partial charge in [-0.25, -0.2) is 0 Å². The summed E-state index contributed by atoms with van der Waals surface area (Å²) in [5.74, 6) is -0.0293. The summed E-state index contributed by atoms with van der Waals surface area (Å²) in [5.41, 5.74) is 0. The fraction of sp³-hybridized carbons (Fsp3) is 0.912. The number of hydrogen-bond acceptors (Lipinski definition) is 5. The van der Waals surface area contributed by atoms with Gasteiger partial charge in [0.05, 0.1) is 25.4 Å². The first-order valence-electron chi connectivity index (χ1n) is 33.6. The highest BCUT2D eigenvalue weighted by Crippen LogP contribution is 2.18. The molecule has 0 spiro atoms. The van der Waals surface area contributed by atoms with E-state index in [0.717, 1.165) is 44.9 Å². The van der Waals surface area contributed by atoms with Crippen molar-refractivity contribution >= 4 is 11.9 Å². The second-order valence-electron chi connectivity index (χ2n) is 23.1. The predicted molar refractivity (Wildman–Crippen MR) is 324 cm³/mol. The molecule has 0 aromatic heterocycles. The van der Waals surface area contributed by atoms with Gasteiger partial charge in [-0.2, -0.15) is 0 Å². The molecule has 6 nitrogen and oxygen atoms in total. The van der Waals surface area contributed by atoms with Crippen LogP contribution in [-0.2, 0) is 14.3 Å². The molecule has 438 valence electrons. The summed E-state index contributed by atoms with van der Waals surface area (Å²) in [6.45, 7) is 4.94. The Kier molecular flexibility index (Phi) is 62.4. The van der Waals surface area contributed by atoms with Crippen LogP contribution in [0, 0.1) is 0 Å². The average molecular weight is 1040 g/mol. The van der Waals surface area contributed by atoms with Crippen molar-refractivity contribution in [1.82, 2.24) is 5.32 Å². The molecule has 0 aliphatic heterocycles. The van der Waals surface area contributed by atoms with E-state index in [1.807, 2.05) is 0 Å². The fourth-order valence-electron chi connectivity index (χ4n) is 10.6. The van der Waals surface area contributed by atoms with Crippen molar-refractivity contribution < 1.29 is 24.5 Å². The van der Waals surface area contributed by atoms with Gasteiger partial charge >= 0.3 is 5.97 Å². The predicted octanol–water partition coefficient (Wildman–Crippen LogP) is 21.4. The smallest absolute Gasteiger partial charge is 0.305 e. The van der Waals surface area contributed by atoms with Crippen molar-refractivity contribution in [1.29, 1.82) is 0 Å². The van der Waals surface area contributed by atoms with Crippen LogP contribution in [-0.4, -0.2) is 47.4 Å². The second-order valence-corrected chi connectivity index (χ2v) is 23.1. The summed E-state index contributed by atoms with van der Waals surface area (Å²) in [4.78, 5) is 24.5. The molecule has 0 heterocycles. The number of ether oxygens (including phenoxy) is 1. The third-order valence-corrected chi connectivity index (χ3v) is 15.7. The number of amides is 1. The summed E-state index contributed by atoms with van der Waals surface area (Å²) in [6.07, 6.45) is 79.3. The Labute approximate surface area is 462 Å². The zero-order valence-corrected chi connectivity index (χ0v) is 50.1. The first-order valence-corrected chi connectivity index (χ1v) is 33.6. The van der Waals surface area contributed by atoms with E-state index in [2.05, 4.69) is 43.5 Å². The first kappa shape index (κ1) is 72.3. The molecule has 0 saturated carbocycles. The minimum Gasteiger partial charge on any atom is -0.466 e. The van der Waals surface area contributed by atoms with Crippen LogP contribution in [0.25, 0.3) is 0 Å². The van der Waals surface area contributed by atoms with Gasteiger partial charge in [0.1, 0.15) is 0 Å². The summed E-state index contributed by atoms with van der Waals surface area (Å²) < 4.78 is 5.46. The zero-order chi connectivity index (χ0) is 53.6. The molecule has 3 N–H and O–H groups in total. The minimum atomic E-state index is -0.666.